The van der Waals surface area contributed by atoms with E-state index in [1.165, 1.54) is 29.5 Å². The number of hydrogen-bond donors (Lipinski definition) is 0. The average Bonchev–Trinajstić information content (AvgIpc) is 2.78. The van der Waals surface area contributed by atoms with Gasteiger partial charge in [0.1, 0.15) is 0 Å². The molecule has 0 heteroatoms. The minimum Gasteiger partial charge on any atom is -0.0649 e. The van der Waals surface area contributed by atoms with Gasteiger partial charge in [0.2, 0.25) is 0 Å². The second kappa shape index (κ2) is 4.52. The molecule has 0 unspecified atom stereocenters. The van der Waals surface area contributed by atoms with Crippen LogP contribution in [-0.2, 0) is 12.8 Å². The van der Waals surface area contributed by atoms with Crippen molar-refractivity contribution in [3.05, 3.63) is 59.2 Å². The number of fused-ring (bicyclic) bond motifs is 3. The van der Waals surface area contributed by atoms with E-state index in [0.717, 1.165) is 6.42 Å². The van der Waals surface area contributed by atoms with Crippen molar-refractivity contribution in [2.45, 2.75) is 40.0 Å². The van der Waals surface area contributed by atoms with Gasteiger partial charge in [0, 0.05) is 0 Å². The van der Waals surface area contributed by atoms with Crippen molar-refractivity contribution in [2.24, 2.45) is 5.41 Å². The minimum atomic E-state index is 0.393. The lowest BCUT2D eigenvalue weighted by Crippen LogP contribution is -2.14. The Hall–Kier alpha value is -1.56. The third-order valence-corrected chi connectivity index (χ3v) is 4.57. The molecule has 98 valence electrons. The van der Waals surface area contributed by atoms with Crippen LogP contribution in [0, 0.1) is 5.41 Å². The minimum absolute atomic E-state index is 0.393. The Morgan fingerprint density at radius 2 is 1.68 bits per heavy atom. The predicted octanol–water partition coefficient (Wildman–Crippen LogP) is 5.24. The van der Waals surface area contributed by atoms with E-state index in [1.54, 1.807) is 11.1 Å². The van der Waals surface area contributed by atoms with Crippen molar-refractivity contribution < 1.29 is 0 Å². The second-order valence-electron chi connectivity index (χ2n) is 6.47. The molecule has 0 radical (unpaired) electrons. The highest BCUT2D eigenvalue weighted by atomic mass is 14.3. The first-order chi connectivity index (χ1) is 9.11. The SMILES string of the molecule is CCC(C)(C)Cc1cccc2c1Cc1ccccc1-2. The molecule has 0 fully saturated rings. The first-order valence-electron chi connectivity index (χ1n) is 7.30. The van der Waals surface area contributed by atoms with Gasteiger partial charge in [-0.25, -0.2) is 0 Å². The van der Waals surface area contributed by atoms with Gasteiger partial charge >= 0.3 is 0 Å². The molecule has 0 heterocycles. The van der Waals surface area contributed by atoms with Crippen LogP contribution in [0.4, 0.5) is 0 Å². The van der Waals surface area contributed by atoms with Gasteiger partial charge in [0.05, 0.1) is 0 Å². The average molecular weight is 250 g/mol. The third kappa shape index (κ3) is 2.20. The fourth-order valence-corrected chi connectivity index (χ4v) is 3.03. The Morgan fingerprint density at radius 3 is 2.47 bits per heavy atom. The Kier molecular flexibility index (Phi) is 2.97. The zero-order chi connectivity index (χ0) is 13.5. The number of benzene rings is 2. The van der Waals surface area contributed by atoms with E-state index in [9.17, 15) is 0 Å². The van der Waals surface area contributed by atoms with Crippen molar-refractivity contribution in [1.82, 2.24) is 0 Å². The Morgan fingerprint density at radius 1 is 0.947 bits per heavy atom. The molecule has 2 aromatic rings. The maximum absolute atomic E-state index is 2.37. The highest BCUT2D eigenvalue weighted by Gasteiger charge is 2.23. The summed E-state index contributed by atoms with van der Waals surface area (Å²) in [6.45, 7) is 7.03. The molecule has 1 aliphatic carbocycles. The van der Waals surface area contributed by atoms with Crippen molar-refractivity contribution in [3.8, 4) is 11.1 Å². The summed E-state index contributed by atoms with van der Waals surface area (Å²) in [6, 6.07) is 15.7. The van der Waals surface area contributed by atoms with Gasteiger partial charge in [-0.1, -0.05) is 69.7 Å². The van der Waals surface area contributed by atoms with E-state index < -0.39 is 0 Å². The van der Waals surface area contributed by atoms with Gasteiger partial charge < -0.3 is 0 Å². The summed E-state index contributed by atoms with van der Waals surface area (Å²) >= 11 is 0. The lowest BCUT2D eigenvalue weighted by atomic mass is 9.81. The Labute approximate surface area is 116 Å². The van der Waals surface area contributed by atoms with Crippen LogP contribution in [0.5, 0.6) is 0 Å². The van der Waals surface area contributed by atoms with E-state index in [1.807, 2.05) is 0 Å². The molecule has 0 saturated carbocycles. The molecule has 0 saturated heterocycles. The van der Waals surface area contributed by atoms with Gasteiger partial charge in [-0.2, -0.15) is 0 Å². The van der Waals surface area contributed by atoms with Gasteiger partial charge in [0.15, 0.2) is 0 Å². The summed E-state index contributed by atoms with van der Waals surface area (Å²) in [4.78, 5) is 0. The highest BCUT2D eigenvalue weighted by molar-refractivity contribution is 5.77. The largest absolute Gasteiger partial charge is 0.0649 e. The monoisotopic (exact) mass is 250 g/mol. The summed E-state index contributed by atoms with van der Waals surface area (Å²) in [5.41, 5.74) is 7.88. The molecule has 0 nitrogen and oxygen atoms in total. The van der Waals surface area contributed by atoms with Gasteiger partial charge in [0.25, 0.3) is 0 Å². The molecule has 19 heavy (non-hydrogen) atoms. The van der Waals surface area contributed by atoms with E-state index in [2.05, 4.69) is 63.2 Å². The summed E-state index contributed by atoms with van der Waals surface area (Å²) < 4.78 is 0. The molecule has 2 aromatic carbocycles. The second-order valence-corrected chi connectivity index (χ2v) is 6.47. The lowest BCUT2D eigenvalue weighted by Gasteiger charge is -2.24. The van der Waals surface area contributed by atoms with Gasteiger partial charge in [-0.3, -0.25) is 0 Å². The van der Waals surface area contributed by atoms with Crippen LogP contribution in [0.15, 0.2) is 42.5 Å². The van der Waals surface area contributed by atoms with Crippen LogP contribution in [-0.4, -0.2) is 0 Å². The Balaban J connectivity index is 2.04. The molecule has 0 aromatic heterocycles. The van der Waals surface area contributed by atoms with Crippen LogP contribution in [0.25, 0.3) is 11.1 Å². The maximum Gasteiger partial charge on any atom is -0.00107 e. The smallest absolute Gasteiger partial charge is 0.00107 e. The van der Waals surface area contributed by atoms with E-state index in [-0.39, 0.29) is 0 Å². The van der Waals surface area contributed by atoms with Crippen molar-refractivity contribution >= 4 is 0 Å². The summed E-state index contributed by atoms with van der Waals surface area (Å²) in [6.07, 6.45) is 3.52. The molecule has 3 rings (SSSR count). The first kappa shape index (κ1) is 12.5. The highest BCUT2D eigenvalue weighted by Crippen LogP contribution is 2.40. The van der Waals surface area contributed by atoms with Crippen molar-refractivity contribution in [1.29, 1.82) is 0 Å². The summed E-state index contributed by atoms with van der Waals surface area (Å²) in [7, 11) is 0. The molecule has 0 atom stereocenters. The normalized spacial score (nSPS) is 13.2. The van der Waals surface area contributed by atoms with Gasteiger partial charge in [-0.15, -0.1) is 0 Å². The predicted molar refractivity (Wildman–Crippen MR) is 82.5 cm³/mol. The standard InChI is InChI=1S/C19H22/c1-4-19(2,3)13-15-9-7-11-17-16-10-6-5-8-14(16)12-18(15)17/h5-11H,4,12-13H2,1-3H3. The van der Waals surface area contributed by atoms with Crippen LogP contribution in [0.3, 0.4) is 0 Å². The number of hydrogen-bond acceptors (Lipinski definition) is 0. The van der Waals surface area contributed by atoms with Crippen LogP contribution in [0.1, 0.15) is 43.9 Å². The molecule has 0 aliphatic heterocycles. The third-order valence-electron chi connectivity index (χ3n) is 4.57. The van der Waals surface area contributed by atoms with Gasteiger partial charge in [-0.05, 0) is 46.1 Å². The zero-order valence-corrected chi connectivity index (χ0v) is 12.2. The van der Waals surface area contributed by atoms with Crippen LogP contribution in [0.2, 0.25) is 0 Å². The fourth-order valence-electron chi connectivity index (χ4n) is 3.03. The van der Waals surface area contributed by atoms with Crippen molar-refractivity contribution in [3.63, 3.8) is 0 Å². The van der Waals surface area contributed by atoms with Crippen LogP contribution >= 0.6 is 0 Å². The quantitative estimate of drug-likeness (QED) is 0.596. The zero-order valence-electron chi connectivity index (χ0n) is 12.2. The first-order valence-corrected chi connectivity index (χ1v) is 7.30. The summed E-state index contributed by atoms with van der Waals surface area (Å²) in [5.74, 6) is 0. The van der Waals surface area contributed by atoms with Crippen LogP contribution < -0.4 is 0 Å². The molecular formula is C19H22. The lowest BCUT2D eigenvalue weighted by molar-refractivity contribution is 0.348. The van der Waals surface area contributed by atoms with E-state index in [0.29, 0.717) is 5.41 Å². The molecule has 0 N–H and O–H groups in total. The Bertz CT molecular complexity index is 605. The van der Waals surface area contributed by atoms with Crippen molar-refractivity contribution in [2.75, 3.05) is 0 Å². The topological polar surface area (TPSA) is 0 Å². The van der Waals surface area contributed by atoms with E-state index in [4.69, 9.17) is 0 Å². The molecule has 0 bridgehead atoms. The number of rotatable bonds is 3. The fraction of sp³-hybridized carbons (Fsp3) is 0.368. The molecule has 0 amide bonds. The summed E-state index contributed by atoms with van der Waals surface area (Å²) in [5, 5.41) is 0. The molecular weight excluding hydrogens is 228 g/mol. The molecule has 1 aliphatic rings. The maximum atomic E-state index is 2.37. The van der Waals surface area contributed by atoms with E-state index >= 15 is 0 Å². The molecule has 0 spiro atoms.